The molecule has 0 saturated carbocycles. The van der Waals surface area contributed by atoms with E-state index < -0.39 is 10.8 Å². The molecular formula is C13H26N2O2S. The third-order valence-corrected chi connectivity index (χ3v) is 5.03. The predicted octanol–water partition coefficient (Wildman–Crippen LogP) is 1.48. The van der Waals surface area contributed by atoms with Crippen LogP contribution < -0.4 is 5.32 Å². The van der Waals surface area contributed by atoms with Gasteiger partial charge in [-0.15, -0.1) is 0 Å². The van der Waals surface area contributed by atoms with Crippen LogP contribution in [0.15, 0.2) is 0 Å². The number of nitrogens with zero attached hydrogens (tertiary/aromatic N) is 1. The van der Waals surface area contributed by atoms with Crippen molar-refractivity contribution >= 4 is 16.7 Å². The average Bonchev–Trinajstić information content (AvgIpc) is 2.63. The second-order valence-electron chi connectivity index (χ2n) is 5.06. The van der Waals surface area contributed by atoms with Crippen LogP contribution >= 0.6 is 0 Å². The van der Waals surface area contributed by atoms with Crippen LogP contribution in [-0.4, -0.2) is 45.3 Å². The van der Waals surface area contributed by atoms with Gasteiger partial charge in [0.1, 0.15) is 0 Å². The van der Waals surface area contributed by atoms with E-state index in [2.05, 4.69) is 12.2 Å². The van der Waals surface area contributed by atoms with Crippen molar-refractivity contribution in [3.8, 4) is 0 Å². The first-order chi connectivity index (χ1) is 8.51. The molecule has 18 heavy (non-hydrogen) atoms. The minimum absolute atomic E-state index is 0.0241. The fourth-order valence-corrected chi connectivity index (χ4v) is 2.74. The summed E-state index contributed by atoms with van der Waals surface area (Å²) >= 11 is 0. The van der Waals surface area contributed by atoms with Gasteiger partial charge in [-0.3, -0.25) is 14.3 Å². The number of hydrogen-bond acceptors (Lipinski definition) is 3. The van der Waals surface area contributed by atoms with E-state index in [0.29, 0.717) is 6.54 Å². The topological polar surface area (TPSA) is 49.4 Å². The molecule has 1 fully saturated rings. The molecule has 1 saturated heterocycles. The smallest absolute Gasteiger partial charge is 0.241 e. The van der Waals surface area contributed by atoms with E-state index in [1.165, 1.54) is 0 Å². The Kier molecular flexibility index (Phi) is 6.29. The molecule has 1 N–H and O–H groups in total. The zero-order valence-electron chi connectivity index (χ0n) is 11.9. The van der Waals surface area contributed by atoms with Crippen molar-refractivity contribution < 1.29 is 9.00 Å². The van der Waals surface area contributed by atoms with Gasteiger partial charge >= 0.3 is 0 Å². The van der Waals surface area contributed by atoms with Crippen molar-refractivity contribution in [2.24, 2.45) is 0 Å². The van der Waals surface area contributed by atoms with Crippen LogP contribution in [0.5, 0.6) is 0 Å². The lowest BCUT2D eigenvalue weighted by molar-refractivity contribution is -0.130. The second kappa shape index (κ2) is 7.24. The summed E-state index contributed by atoms with van der Waals surface area (Å²) in [6.07, 6.45) is 5.61. The fourth-order valence-electron chi connectivity index (χ4n) is 2.31. The zero-order chi connectivity index (χ0) is 13.7. The van der Waals surface area contributed by atoms with Gasteiger partial charge in [-0.25, -0.2) is 0 Å². The fraction of sp³-hybridized carbons (Fsp3) is 0.923. The average molecular weight is 274 g/mol. The van der Waals surface area contributed by atoms with Crippen LogP contribution in [0.4, 0.5) is 0 Å². The summed E-state index contributed by atoms with van der Waals surface area (Å²) in [5, 5.41) is 3.55. The standard InChI is InChI=1S/C13H26N2O2S/c1-5-7-12-14-11(6-2)13(16)15(12)9-8-10(3)18(4)17/h10-12,14H,5-9H2,1-4H3. The Morgan fingerprint density at radius 3 is 2.61 bits per heavy atom. The van der Waals surface area contributed by atoms with E-state index >= 15 is 0 Å². The van der Waals surface area contributed by atoms with Gasteiger partial charge in [-0.2, -0.15) is 0 Å². The molecule has 106 valence electrons. The van der Waals surface area contributed by atoms with Crippen molar-refractivity contribution in [1.29, 1.82) is 0 Å². The van der Waals surface area contributed by atoms with Crippen molar-refractivity contribution in [3.05, 3.63) is 0 Å². The van der Waals surface area contributed by atoms with E-state index in [-0.39, 0.29) is 23.4 Å². The molecule has 0 aromatic rings. The monoisotopic (exact) mass is 274 g/mol. The summed E-state index contributed by atoms with van der Waals surface area (Å²) in [5.41, 5.74) is 0. The largest absolute Gasteiger partial charge is 0.326 e. The van der Waals surface area contributed by atoms with E-state index in [0.717, 1.165) is 25.7 Å². The van der Waals surface area contributed by atoms with Gasteiger partial charge in [0.25, 0.3) is 0 Å². The summed E-state index contributed by atoms with van der Waals surface area (Å²) in [6.45, 7) is 6.86. The Balaban J connectivity index is 2.59. The minimum atomic E-state index is -0.805. The molecule has 4 nitrogen and oxygen atoms in total. The second-order valence-corrected chi connectivity index (χ2v) is 6.86. The molecule has 0 aromatic heterocycles. The molecule has 1 aliphatic rings. The molecule has 0 bridgehead atoms. The van der Waals surface area contributed by atoms with Gasteiger partial charge < -0.3 is 4.90 Å². The maximum Gasteiger partial charge on any atom is 0.241 e. The van der Waals surface area contributed by atoms with Gasteiger partial charge in [0.2, 0.25) is 5.91 Å². The molecule has 0 aliphatic carbocycles. The first-order valence-corrected chi connectivity index (χ1v) is 8.52. The van der Waals surface area contributed by atoms with Crippen LogP contribution in [0.1, 0.15) is 46.5 Å². The predicted molar refractivity (Wildman–Crippen MR) is 75.8 cm³/mol. The molecule has 0 spiro atoms. The molecule has 0 aromatic carbocycles. The van der Waals surface area contributed by atoms with Crippen LogP contribution in [-0.2, 0) is 15.6 Å². The van der Waals surface area contributed by atoms with Crippen molar-refractivity contribution in [3.63, 3.8) is 0 Å². The Hall–Kier alpha value is -0.420. The van der Waals surface area contributed by atoms with Crippen LogP contribution in [0.3, 0.4) is 0 Å². The lowest BCUT2D eigenvalue weighted by atomic mass is 10.2. The third kappa shape index (κ3) is 3.79. The number of nitrogens with one attached hydrogen (secondary N) is 1. The molecule has 1 amide bonds. The molecule has 0 radical (unpaired) electrons. The highest BCUT2D eigenvalue weighted by Gasteiger charge is 2.36. The first kappa shape index (κ1) is 15.6. The van der Waals surface area contributed by atoms with Crippen LogP contribution in [0, 0.1) is 0 Å². The molecule has 1 rings (SSSR count). The van der Waals surface area contributed by atoms with E-state index in [1.54, 1.807) is 6.26 Å². The third-order valence-electron chi connectivity index (χ3n) is 3.66. The van der Waals surface area contributed by atoms with E-state index in [1.807, 2.05) is 18.7 Å². The molecule has 4 atom stereocenters. The Bertz CT molecular complexity index is 309. The van der Waals surface area contributed by atoms with E-state index in [4.69, 9.17) is 0 Å². The van der Waals surface area contributed by atoms with Gasteiger partial charge in [0.05, 0.1) is 12.2 Å². The Morgan fingerprint density at radius 1 is 1.44 bits per heavy atom. The van der Waals surface area contributed by atoms with Gasteiger partial charge in [0, 0.05) is 28.9 Å². The van der Waals surface area contributed by atoms with Crippen LogP contribution in [0.25, 0.3) is 0 Å². The van der Waals surface area contributed by atoms with E-state index in [9.17, 15) is 9.00 Å². The lowest BCUT2D eigenvalue weighted by Gasteiger charge is -2.24. The summed E-state index contributed by atoms with van der Waals surface area (Å²) < 4.78 is 11.3. The molecular weight excluding hydrogens is 248 g/mol. The zero-order valence-corrected chi connectivity index (χ0v) is 12.8. The number of rotatable bonds is 7. The number of hydrogen-bond donors (Lipinski definition) is 1. The minimum Gasteiger partial charge on any atom is -0.326 e. The maximum absolute atomic E-state index is 12.2. The van der Waals surface area contributed by atoms with Gasteiger partial charge in [-0.1, -0.05) is 27.2 Å². The molecule has 4 unspecified atom stereocenters. The van der Waals surface area contributed by atoms with Gasteiger partial charge in [0.15, 0.2) is 0 Å². The molecule has 1 heterocycles. The SMILES string of the molecule is CCCC1NC(CC)C(=O)N1CCC(C)S(C)=O. The summed E-state index contributed by atoms with van der Waals surface area (Å²) in [6, 6.07) is -0.0241. The summed E-state index contributed by atoms with van der Waals surface area (Å²) in [5.74, 6) is 0.213. The number of carbonyl (C=O) groups excluding carboxylic acids is 1. The summed E-state index contributed by atoms with van der Waals surface area (Å²) in [4.78, 5) is 14.1. The van der Waals surface area contributed by atoms with Crippen molar-refractivity contribution in [1.82, 2.24) is 10.2 Å². The highest BCUT2D eigenvalue weighted by atomic mass is 32.2. The van der Waals surface area contributed by atoms with Crippen molar-refractivity contribution in [2.45, 2.75) is 63.9 Å². The van der Waals surface area contributed by atoms with Crippen molar-refractivity contribution in [2.75, 3.05) is 12.8 Å². The van der Waals surface area contributed by atoms with Crippen LogP contribution in [0.2, 0.25) is 0 Å². The molecule has 5 heteroatoms. The normalized spacial score (nSPS) is 27.6. The number of carbonyl (C=O) groups is 1. The maximum atomic E-state index is 12.2. The first-order valence-electron chi connectivity index (χ1n) is 6.90. The quantitative estimate of drug-likeness (QED) is 0.765. The highest BCUT2D eigenvalue weighted by Crippen LogP contribution is 2.18. The lowest BCUT2D eigenvalue weighted by Crippen LogP contribution is -2.39. The summed E-state index contributed by atoms with van der Waals surface area (Å²) in [7, 11) is -0.805. The highest BCUT2D eigenvalue weighted by molar-refractivity contribution is 7.84. The Morgan fingerprint density at radius 2 is 2.11 bits per heavy atom. The Labute approximate surface area is 113 Å². The molecule has 1 aliphatic heterocycles. The van der Waals surface area contributed by atoms with Gasteiger partial charge in [-0.05, 0) is 19.3 Å². The number of amides is 1.